The summed E-state index contributed by atoms with van der Waals surface area (Å²) < 4.78 is 0. The van der Waals surface area contributed by atoms with E-state index < -0.39 is 0 Å². The molecule has 1 aromatic rings. The predicted octanol–water partition coefficient (Wildman–Crippen LogP) is 2.54. The lowest BCUT2D eigenvalue weighted by Gasteiger charge is -2.20. The third-order valence-corrected chi connectivity index (χ3v) is 2.91. The molecule has 0 amide bonds. The predicted molar refractivity (Wildman–Crippen MR) is 72.6 cm³/mol. The summed E-state index contributed by atoms with van der Waals surface area (Å²) in [5.41, 5.74) is 2.24. The topological polar surface area (TPSA) is 15.3 Å². The zero-order valence-electron chi connectivity index (χ0n) is 10.1. The molecule has 0 aliphatic rings. The van der Waals surface area contributed by atoms with Gasteiger partial charge in [0.25, 0.3) is 0 Å². The Hall–Kier alpha value is -1.06. The Morgan fingerprint density at radius 1 is 1.31 bits per heavy atom. The van der Waals surface area contributed by atoms with Gasteiger partial charge < -0.3 is 5.32 Å². The number of nitrogens with zero attached hydrogens (tertiary/aromatic N) is 1. The van der Waals surface area contributed by atoms with Gasteiger partial charge in [-0.1, -0.05) is 43.8 Å². The van der Waals surface area contributed by atoms with Gasteiger partial charge in [0.05, 0.1) is 16.9 Å². The lowest BCUT2D eigenvalue weighted by molar-refractivity contribution is 0.326. The van der Waals surface area contributed by atoms with Crippen LogP contribution in [0.4, 0.5) is 5.69 Å². The summed E-state index contributed by atoms with van der Waals surface area (Å²) in [4.78, 5) is 2.33. The molecule has 0 aliphatic heterocycles. The van der Waals surface area contributed by atoms with E-state index >= 15 is 0 Å². The average molecular weight is 231 g/mol. The van der Waals surface area contributed by atoms with Crippen molar-refractivity contribution in [3.8, 4) is 0 Å². The summed E-state index contributed by atoms with van der Waals surface area (Å²) in [5, 5.41) is 4.34. The highest BCUT2D eigenvalue weighted by Gasteiger charge is 2.03. The highest BCUT2D eigenvalue weighted by Crippen LogP contribution is 2.20. The standard InChI is InChI=1S/C13H19N2Si/c1-4-15(5-2)10-14-13-9-7-6-8-12(13)11(3)16/h6-9,14H,3-5,10H2,1-2H3. The lowest BCUT2D eigenvalue weighted by atomic mass is 10.2. The van der Waals surface area contributed by atoms with E-state index in [0.29, 0.717) is 0 Å². The molecule has 0 spiro atoms. The highest BCUT2D eigenvalue weighted by molar-refractivity contribution is 6.42. The van der Waals surface area contributed by atoms with Crippen LogP contribution in [0.1, 0.15) is 19.4 Å². The van der Waals surface area contributed by atoms with Crippen molar-refractivity contribution in [1.82, 2.24) is 4.90 Å². The minimum Gasteiger partial charge on any atom is -0.372 e. The largest absolute Gasteiger partial charge is 0.372 e. The van der Waals surface area contributed by atoms with Crippen LogP contribution in [-0.4, -0.2) is 34.9 Å². The van der Waals surface area contributed by atoms with Crippen molar-refractivity contribution < 1.29 is 0 Å². The molecular formula is C13H19N2Si. The smallest absolute Gasteiger partial charge is 0.0712 e. The molecule has 16 heavy (non-hydrogen) atoms. The first kappa shape index (κ1) is 13.0. The van der Waals surface area contributed by atoms with Crippen LogP contribution < -0.4 is 5.32 Å². The summed E-state index contributed by atoms with van der Waals surface area (Å²) >= 11 is 0. The van der Waals surface area contributed by atoms with Crippen LogP contribution in [0.3, 0.4) is 0 Å². The molecule has 3 radical (unpaired) electrons. The molecular weight excluding hydrogens is 212 g/mol. The normalized spacial score (nSPS) is 10.5. The van der Waals surface area contributed by atoms with Crippen LogP contribution in [0.15, 0.2) is 30.8 Å². The van der Waals surface area contributed by atoms with Gasteiger partial charge in [0.15, 0.2) is 0 Å². The average Bonchev–Trinajstić information content (AvgIpc) is 2.30. The van der Waals surface area contributed by atoms with Gasteiger partial charge in [-0.2, -0.15) is 0 Å². The molecule has 85 valence electrons. The Morgan fingerprint density at radius 2 is 1.94 bits per heavy atom. The first-order valence-corrected chi connectivity index (χ1v) is 6.15. The molecule has 0 heterocycles. The van der Waals surface area contributed by atoms with Crippen LogP contribution in [-0.2, 0) is 0 Å². The molecule has 0 saturated carbocycles. The van der Waals surface area contributed by atoms with Crippen molar-refractivity contribution in [2.75, 3.05) is 25.1 Å². The second-order valence-electron chi connectivity index (χ2n) is 3.66. The van der Waals surface area contributed by atoms with Gasteiger partial charge in [0.2, 0.25) is 0 Å². The van der Waals surface area contributed by atoms with Gasteiger partial charge in [-0.15, -0.1) is 0 Å². The summed E-state index contributed by atoms with van der Waals surface area (Å²) in [6.45, 7) is 11.2. The summed E-state index contributed by atoms with van der Waals surface area (Å²) in [5.74, 6) is 0. The molecule has 0 atom stereocenters. The van der Waals surface area contributed by atoms with Gasteiger partial charge in [-0.3, -0.25) is 4.90 Å². The van der Waals surface area contributed by atoms with E-state index in [-0.39, 0.29) is 0 Å². The van der Waals surface area contributed by atoms with E-state index in [0.717, 1.165) is 36.2 Å². The van der Waals surface area contributed by atoms with Crippen LogP contribution in [0, 0.1) is 0 Å². The maximum absolute atomic E-state index is 3.91. The molecule has 0 unspecified atom stereocenters. The lowest BCUT2D eigenvalue weighted by Crippen LogP contribution is -2.29. The highest BCUT2D eigenvalue weighted by atomic mass is 28.1. The van der Waals surface area contributed by atoms with Crippen molar-refractivity contribution in [2.24, 2.45) is 0 Å². The van der Waals surface area contributed by atoms with E-state index in [9.17, 15) is 0 Å². The van der Waals surface area contributed by atoms with Crippen molar-refractivity contribution >= 4 is 21.1 Å². The number of hydrogen-bond donors (Lipinski definition) is 1. The molecule has 2 nitrogen and oxygen atoms in total. The van der Waals surface area contributed by atoms with E-state index in [2.05, 4.69) is 53.0 Å². The maximum atomic E-state index is 3.91. The number of nitrogens with one attached hydrogen (secondary N) is 1. The monoisotopic (exact) mass is 231 g/mol. The van der Waals surface area contributed by atoms with Crippen LogP contribution >= 0.6 is 0 Å². The molecule has 0 fully saturated rings. The number of para-hydroxylation sites is 1. The quantitative estimate of drug-likeness (QED) is 0.598. The van der Waals surface area contributed by atoms with E-state index in [1.807, 2.05) is 12.1 Å². The Kier molecular flexibility index (Phi) is 5.29. The molecule has 0 aliphatic carbocycles. The van der Waals surface area contributed by atoms with Crippen LogP contribution in [0.5, 0.6) is 0 Å². The molecule has 0 aromatic heterocycles. The fraction of sp³-hybridized carbons (Fsp3) is 0.385. The third-order valence-electron chi connectivity index (χ3n) is 2.64. The number of anilines is 1. The molecule has 1 N–H and O–H groups in total. The zero-order chi connectivity index (χ0) is 12.0. The van der Waals surface area contributed by atoms with Gasteiger partial charge in [-0.05, 0) is 24.7 Å². The number of hydrogen-bond acceptors (Lipinski definition) is 2. The minimum absolute atomic E-state index is 0.865. The van der Waals surface area contributed by atoms with Crippen LogP contribution in [0.25, 0.3) is 5.20 Å². The second-order valence-corrected chi connectivity index (χ2v) is 4.27. The zero-order valence-corrected chi connectivity index (χ0v) is 11.1. The molecule has 0 saturated heterocycles. The van der Waals surface area contributed by atoms with Crippen LogP contribution in [0.2, 0.25) is 0 Å². The van der Waals surface area contributed by atoms with Crippen molar-refractivity contribution in [1.29, 1.82) is 0 Å². The molecule has 0 bridgehead atoms. The number of benzene rings is 1. The molecule has 3 heteroatoms. The minimum atomic E-state index is 0.865. The Bertz CT molecular complexity index is 346. The Morgan fingerprint density at radius 3 is 2.50 bits per heavy atom. The Labute approximate surface area is 102 Å². The summed E-state index contributed by atoms with van der Waals surface area (Å²) in [6.07, 6.45) is 0. The van der Waals surface area contributed by atoms with Crippen molar-refractivity contribution in [2.45, 2.75) is 13.8 Å². The van der Waals surface area contributed by atoms with Gasteiger partial charge >= 0.3 is 0 Å². The fourth-order valence-corrected chi connectivity index (χ4v) is 1.76. The molecule has 1 aromatic carbocycles. The van der Waals surface area contributed by atoms with Crippen molar-refractivity contribution in [3.63, 3.8) is 0 Å². The van der Waals surface area contributed by atoms with Gasteiger partial charge in [0, 0.05) is 5.69 Å². The second kappa shape index (κ2) is 6.50. The maximum Gasteiger partial charge on any atom is 0.0712 e. The van der Waals surface area contributed by atoms with E-state index in [1.54, 1.807) is 0 Å². The van der Waals surface area contributed by atoms with Gasteiger partial charge in [0.1, 0.15) is 0 Å². The SMILES string of the molecule is C=C([Si])c1ccccc1NCN(CC)CC. The summed E-state index contributed by atoms with van der Waals surface area (Å²) in [7, 11) is 3.48. The van der Waals surface area contributed by atoms with E-state index in [1.165, 1.54) is 0 Å². The first-order valence-electron chi connectivity index (χ1n) is 5.65. The fourth-order valence-electron chi connectivity index (χ4n) is 1.54. The molecule has 1 rings (SSSR count). The van der Waals surface area contributed by atoms with E-state index in [4.69, 9.17) is 0 Å². The number of rotatable bonds is 6. The summed E-state index contributed by atoms with van der Waals surface area (Å²) in [6, 6.07) is 8.18. The van der Waals surface area contributed by atoms with Gasteiger partial charge in [-0.25, -0.2) is 0 Å². The van der Waals surface area contributed by atoms with Crippen molar-refractivity contribution in [3.05, 3.63) is 36.4 Å². The Balaban J connectivity index is 2.69. The third kappa shape index (κ3) is 3.50. The first-order chi connectivity index (χ1) is 7.69.